The molecule has 0 N–H and O–H groups in total. The van der Waals surface area contributed by atoms with Gasteiger partial charge in [0, 0.05) is 13.1 Å². The molecule has 0 bridgehead atoms. The molecule has 7 nitrogen and oxygen atoms in total. The molecule has 1 aromatic heterocycles. The zero-order valence-electron chi connectivity index (χ0n) is 17.5. The summed E-state index contributed by atoms with van der Waals surface area (Å²) in [7, 11) is 6.69. The summed E-state index contributed by atoms with van der Waals surface area (Å²) in [5, 5.41) is 1.01. The number of hydrogen-bond acceptors (Lipinski definition) is 7. The number of esters is 1. The predicted octanol–water partition coefficient (Wildman–Crippen LogP) is 4.38. The molecule has 3 rings (SSSR count). The maximum atomic E-state index is 13.5. The Bertz CT molecular complexity index is 1090. The number of thiazole rings is 1. The highest BCUT2D eigenvalue weighted by Gasteiger charge is 2.26. The topological polar surface area (TPSA) is 72.0 Å². The SMILES string of the molecule is COC(=O)c1ccccc1C(=O)N(CCN(C)C)c1nc2c(OC)ccc(Cl)c2s1.Cl. The van der Waals surface area contributed by atoms with Crippen molar-refractivity contribution >= 4 is 62.6 Å². The molecular formula is C21H23Cl2N3O4S. The number of amides is 1. The van der Waals surface area contributed by atoms with Gasteiger partial charge >= 0.3 is 5.97 Å². The highest BCUT2D eigenvalue weighted by atomic mass is 35.5. The molecule has 1 heterocycles. The number of benzene rings is 2. The number of halogens is 2. The van der Waals surface area contributed by atoms with Crippen LogP contribution in [-0.4, -0.2) is 63.2 Å². The van der Waals surface area contributed by atoms with Crippen molar-refractivity contribution in [2.45, 2.75) is 0 Å². The van der Waals surface area contributed by atoms with E-state index >= 15 is 0 Å². The highest BCUT2D eigenvalue weighted by molar-refractivity contribution is 7.23. The predicted molar refractivity (Wildman–Crippen MR) is 126 cm³/mol. The summed E-state index contributed by atoms with van der Waals surface area (Å²) in [4.78, 5) is 33.9. The molecule has 0 spiro atoms. The molecule has 0 fully saturated rings. The van der Waals surface area contributed by atoms with Crippen LogP contribution in [0.15, 0.2) is 36.4 Å². The molecule has 2 aromatic carbocycles. The number of likely N-dealkylation sites (N-methyl/N-ethyl adjacent to an activating group) is 1. The fourth-order valence-electron chi connectivity index (χ4n) is 2.91. The number of ether oxygens (including phenoxy) is 2. The van der Waals surface area contributed by atoms with E-state index in [-0.39, 0.29) is 29.4 Å². The Morgan fingerprint density at radius 2 is 1.74 bits per heavy atom. The largest absolute Gasteiger partial charge is 0.494 e. The Labute approximate surface area is 195 Å². The molecule has 0 saturated heterocycles. The van der Waals surface area contributed by atoms with Crippen molar-refractivity contribution in [2.75, 3.05) is 46.3 Å². The number of hydrogen-bond donors (Lipinski definition) is 0. The summed E-state index contributed by atoms with van der Waals surface area (Å²) in [5.74, 6) is -0.334. The van der Waals surface area contributed by atoms with Crippen LogP contribution in [-0.2, 0) is 4.74 Å². The Morgan fingerprint density at radius 1 is 1.06 bits per heavy atom. The van der Waals surface area contributed by atoms with Crippen LogP contribution in [0.2, 0.25) is 5.02 Å². The van der Waals surface area contributed by atoms with E-state index in [9.17, 15) is 9.59 Å². The lowest BCUT2D eigenvalue weighted by Crippen LogP contribution is -2.37. The summed E-state index contributed by atoms with van der Waals surface area (Å²) in [6, 6.07) is 10.1. The first-order valence-electron chi connectivity index (χ1n) is 9.14. The highest BCUT2D eigenvalue weighted by Crippen LogP contribution is 2.39. The van der Waals surface area contributed by atoms with E-state index in [0.717, 1.165) is 4.70 Å². The van der Waals surface area contributed by atoms with Gasteiger partial charge in [-0.2, -0.15) is 0 Å². The van der Waals surface area contributed by atoms with Crippen LogP contribution >= 0.6 is 35.3 Å². The van der Waals surface area contributed by atoms with E-state index in [4.69, 9.17) is 21.1 Å². The monoisotopic (exact) mass is 483 g/mol. The van der Waals surface area contributed by atoms with Crippen LogP contribution in [0.3, 0.4) is 0 Å². The minimum absolute atomic E-state index is 0. The summed E-state index contributed by atoms with van der Waals surface area (Å²) < 4.78 is 11.0. The molecule has 10 heteroatoms. The molecule has 0 unspecified atom stereocenters. The van der Waals surface area contributed by atoms with Crippen molar-refractivity contribution in [2.24, 2.45) is 0 Å². The number of nitrogens with zero attached hydrogens (tertiary/aromatic N) is 3. The lowest BCUT2D eigenvalue weighted by Gasteiger charge is -2.22. The normalized spacial score (nSPS) is 10.6. The third-order valence-corrected chi connectivity index (χ3v) is 6.02. The van der Waals surface area contributed by atoms with E-state index < -0.39 is 5.97 Å². The number of methoxy groups -OCH3 is 2. The van der Waals surface area contributed by atoms with Crippen LogP contribution in [0.25, 0.3) is 10.2 Å². The van der Waals surface area contributed by atoms with Gasteiger partial charge in [0.15, 0.2) is 5.13 Å². The molecule has 0 saturated carbocycles. The van der Waals surface area contributed by atoms with Crippen molar-refractivity contribution in [1.82, 2.24) is 9.88 Å². The summed E-state index contributed by atoms with van der Waals surface area (Å²) in [6.07, 6.45) is 0. The molecule has 31 heavy (non-hydrogen) atoms. The first kappa shape index (κ1) is 24.9. The van der Waals surface area contributed by atoms with Gasteiger partial charge in [-0.3, -0.25) is 9.69 Å². The van der Waals surface area contributed by atoms with Gasteiger partial charge in [-0.25, -0.2) is 9.78 Å². The fraction of sp³-hybridized carbons (Fsp3) is 0.286. The van der Waals surface area contributed by atoms with E-state index in [2.05, 4.69) is 4.98 Å². The average molecular weight is 484 g/mol. The van der Waals surface area contributed by atoms with Gasteiger partial charge in [-0.15, -0.1) is 12.4 Å². The quantitative estimate of drug-likeness (QED) is 0.464. The van der Waals surface area contributed by atoms with Gasteiger partial charge in [0.1, 0.15) is 11.3 Å². The first-order chi connectivity index (χ1) is 14.4. The Hall–Kier alpha value is -2.39. The molecule has 0 aliphatic heterocycles. The van der Waals surface area contributed by atoms with Gasteiger partial charge in [-0.05, 0) is 38.4 Å². The maximum Gasteiger partial charge on any atom is 0.338 e. The van der Waals surface area contributed by atoms with Crippen molar-refractivity contribution in [3.8, 4) is 5.75 Å². The second-order valence-corrected chi connectivity index (χ2v) is 8.11. The van der Waals surface area contributed by atoms with Gasteiger partial charge < -0.3 is 14.4 Å². The number of anilines is 1. The van der Waals surface area contributed by atoms with E-state index in [1.165, 1.54) is 18.4 Å². The number of aromatic nitrogens is 1. The fourth-order valence-corrected chi connectivity index (χ4v) is 4.19. The van der Waals surface area contributed by atoms with Gasteiger partial charge in [-0.1, -0.05) is 35.1 Å². The van der Waals surface area contributed by atoms with E-state index in [1.54, 1.807) is 48.4 Å². The van der Waals surface area contributed by atoms with Crippen LogP contribution in [0.4, 0.5) is 5.13 Å². The lowest BCUT2D eigenvalue weighted by molar-refractivity contribution is 0.0597. The standard InChI is InChI=1S/C21H22ClN3O4S.ClH/c1-24(2)11-12-25(19(26)13-7-5-6-8-14(13)20(27)29-4)21-23-17-16(28-3)10-9-15(22)18(17)30-21;/h5-10H,11-12H2,1-4H3;1H. The third kappa shape index (κ3) is 5.27. The Balaban J connectivity index is 0.00000341. The molecule has 3 aromatic rings. The molecule has 0 aliphatic rings. The molecule has 0 aliphatic carbocycles. The van der Waals surface area contributed by atoms with Crippen molar-refractivity contribution in [3.63, 3.8) is 0 Å². The second-order valence-electron chi connectivity index (χ2n) is 6.72. The third-order valence-electron chi connectivity index (χ3n) is 4.48. The van der Waals surface area contributed by atoms with E-state index in [0.29, 0.717) is 34.5 Å². The zero-order valence-corrected chi connectivity index (χ0v) is 19.9. The first-order valence-corrected chi connectivity index (χ1v) is 10.3. The van der Waals surface area contributed by atoms with Crippen molar-refractivity contribution in [1.29, 1.82) is 0 Å². The second kappa shape index (κ2) is 10.8. The lowest BCUT2D eigenvalue weighted by atomic mass is 10.1. The smallest absolute Gasteiger partial charge is 0.338 e. The van der Waals surface area contributed by atoms with Crippen LogP contribution in [0.5, 0.6) is 5.75 Å². The van der Waals surface area contributed by atoms with Crippen LogP contribution in [0.1, 0.15) is 20.7 Å². The van der Waals surface area contributed by atoms with Gasteiger partial charge in [0.2, 0.25) is 0 Å². The molecule has 166 valence electrons. The minimum Gasteiger partial charge on any atom is -0.494 e. The summed E-state index contributed by atoms with van der Waals surface area (Å²) in [5.41, 5.74) is 1.05. The number of rotatable bonds is 7. The molecular weight excluding hydrogens is 461 g/mol. The van der Waals surface area contributed by atoms with Crippen LogP contribution in [0, 0.1) is 0 Å². The van der Waals surface area contributed by atoms with Gasteiger partial charge in [0.25, 0.3) is 5.91 Å². The molecule has 0 atom stereocenters. The summed E-state index contributed by atoms with van der Waals surface area (Å²) >= 11 is 7.66. The molecule has 1 amide bonds. The van der Waals surface area contributed by atoms with Crippen molar-refractivity contribution in [3.05, 3.63) is 52.5 Å². The summed E-state index contributed by atoms with van der Waals surface area (Å²) in [6.45, 7) is 0.980. The maximum absolute atomic E-state index is 13.5. The number of carbonyl (C=O) groups excluding carboxylic acids is 2. The van der Waals surface area contributed by atoms with Crippen LogP contribution < -0.4 is 9.64 Å². The average Bonchev–Trinajstić information content (AvgIpc) is 3.19. The number of carbonyl (C=O) groups is 2. The Kier molecular flexibility index (Phi) is 8.64. The van der Waals surface area contributed by atoms with Gasteiger partial charge in [0.05, 0.1) is 35.1 Å². The molecule has 0 radical (unpaired) electrons. The Morgan fingerprint density at radius 3 is 2.35 bits per heavy atom. The zero-order chi connectivity index (χ0) is 21.8. The minimum atomic E-state index is -0.569. The van der Waals surface area contributed by atoms with Crippen molar-refractivity contribution < 1.29 is 19.1 Å². The number of fused-ring (bicyclic) bond motifs is 1. The van der Waals surface area contributed by atoms with E-state index in [1.807, 2.05) is 19.0 Å².